The summed E-state index contributed by atoms with van der Waals surface area (Å²) in [5.74, 6) is -5.10. The van der Waals surface area contributed by atoms with Crippen molar-refractivity contribution in [2.24, 2.45) is 11.1 Å². The molecular formula is C16H17N5O8S2. The van der Waals surface area contributed by atoms with Gasteiger partial charge in [-0.2, -0.15) is 0 Å². The number of hydrogen-bond donors (Lipinski definition) is 3. The molecule has 0 unspecified atom stereocenters. The topological polar surface area (TPSA) is 191 Å². The van der Waals surface area contributed by atoms with Gasteiger partial charge in [0.15, 0.2) is 10.8 Å². The lowest BCUT2D eigenvalue weighted by Crippen LogP contribution is -2.83. The van der Waals surface area contributed by atoms with Gasteiger partial charge in [0.2, 0.25) is 0 Å². The smallest absolute Gasteiger partial charge is 0.370 e. The minimum Gasteiger partial charge on any atom is -0.477 e. The number of fused-ring (bicyclic) bond motifs is 3. The van der Waals surface area contributed by atoms with Crippen molar-refractivity contribution in [3.63, 3.8) is 0 Å². The Kier molecular flexibility index (Phi) is 5.17. The lowest BCUT2D eigenvalue weighted by Gasteiger charge is -2.56. The number of nitrogens with two attached hydrogens (primary N) is 1. The minimum atomic E-state index is -2.22. The molecule has 15 heteroatoms. The van der Waals surface area contributed by atoms with E-state index in [1.54, 1.807) is 6.92 Å². The number of nitrogen functional groups attached to an aromatic ring is 1. The number of nitrogens with one attached hydrogen (secondary N) is 1. The number of nitrogens with zero attached hydrogens (tertiary/aromatic N) is 3. The highest BCUT2D eigenvalue weighted by atomic mass is 32.2. The largest absolute Gasteiger partial charge is 0.477 e. The number of β-lactam (4-membered cyclic amide) rings is 1. The number of carbonyl (C=O) groups is 4. The second-order valence-electron chi connectivity index (χ2n) is 6.90. The number of carboxylic acid groups (broad SMARTS) is 1. The Balaban J connectivity index is 1.60. The number of anilines is 1. The van der Waals surface area contributed by atoms with Crippen LogP contribution >= 0.6 is 11.3 Å². The molecule has 3 aliphatic heterocycles. The van der Waals surface area contributed by atoms with Crippen molar-refractivity contribution in [3.05, 3.63) is 11.1 Å². The molecule has 1 aromatic rings. The van der Waals surface area contributed by atoms with Crippen LogP contribution in [0, 0.1) is 5.92 Å². The molecule has 5 atom stereocenters. The molecule has 31 heavy (non-hydrogen) atoms. The summed E-state index contributed by atoms with van der Waals surface area (Å²) in [6.07, 6.45) is -0.262. The van der Waals surface area contributed by atoms with Crippen LogP contribution in [0.3, 0.4) is 0 Å². The van der Waals surface area contributed by atoms with Crippen LogP contribution in [0.2, 0.25) is 0 Å². The summed E-state index contributed by atoms with van der Waals surface area (Å²) in [6, 6.07) is -1.30. The van der Waals surface area contributed by atoms with E-state index in [4.69, 9.17) is 15.3 Å². The Morgan fingerprint density at radius 2 is 2.29 bits per heavy atom. The van der Waals surface area contributed by atoms with Crippen molar-refractivity contribution in [3.8, 4) is 0 Å². The zero-order chi connectivity index (χ0) is 22.5. The van der Waals surface area contributed by atoms with E-state index in [-0.39, 0.29) is 35.3 Å². The standard InChI is InChI=1S/C16H17N5O8S2/c1-2-28-20-9(7-4-30-15(17)18-7)11(23)19-10-12(24)21-13(10)31(27)5-6-3-8(22)29-16(6,21)14(25)26/h4,6,10,13H,2-3,5H2,1H3,(H2,17,18)(H,19,23)(H,25,26)/b20-9-/t6-,10+,13+,16+,31-/m0/s1. The molecule has 0 aliphatic carbocycles. The van der Waals surface area contributed by atoms with Crippen molar-refractivity contribution in [2.75, 3.05) is 18.1 Å². The van der Waals surface area contributed by atoms with Crippen LogP contribution in [0.1, 0.15) is 19.0 Å². The number of aliphatic carboxylic acids is 1. The number of thiazole rings is 1. The molecule has 0 radical (unpaired) electrons. The highest BCUT2D eigenvalue weighted by Crippen LogP contribution is 2.47. The fourth-order valence-corrected chi connectivity index (χ4v) is 6.30. The number of aromatic nitrogens is 1. The van der Waals surface area contributed by atoms with E-state index < -0.39 is 57.6 Å². The van der Waals surface area contributed by atoms with Crippen molar-refractivity contribution < 1.29 is 38.1 Å². The van der Waals surface area contributed by atoms with Gasteiger partial charge < -0.3 is 25.7 Å². The third kappa shape index (κ3) is 3.15. The zero-order valence-corrected chi connectivity index (χ0v) is 17.6. The predicted octanol–water partition coefficient (Wildman–Crippen LogP) is -1.77. The summed E-state index contributed by atoms with van der Waals surface area (Å²) in [5.41, 5.74) is 3.24. The first kappa shape index (κ1) is 21.2. The molecule has 2 amide bonds. The number of hydrogen-bond acceptors (Lipinski definition) is 11. The van der Waals surface area contributed by atoms with Crippen molar-refractivity contribution in [2.45, 2.75) is 30.5 Å². The first-order valence-corrected chi connectivity index (χ1v) is 11.3. The average Bonchev–Trinajstić information content (AvgIpc) is 3.27. The van der Waals surface area contributed by atoms with Gasteiger partial charge in [0.25, 0.3) is 17.5 Å². The fraction of sp³-hybridized carbons (Fsp3) is 0.500. The number of carboxylic acids is 1. The number of amides is 2. The van der Waals surface area contributed by atoms with E-state index in [0.29, 0.717) is 0 Å². The first-order chi connectivity index (χ1) is 14.7. The molecule has 166 valence electrons. The Labute approximate surface area is 181 Å². The van der Waals surface area contributed by atoms with E-state index in [9.17, 15) is 28.5 Å². The number of rotatable bonds is 6. The van der Waals surface area contributed by atoms with E-state index >= 15 is 0 Å². The third-order valence-corrected chi connectivity index (χ3v) is 7.56. The van der Waals surface area contributed by atoms with Gasteiger partial charge in [-0.3, -0.25) is 23.5 Å². The molecule has 0 bridgehead atoms. The molecule has 1 aromatic heterocycles. The predicted molar refractivity (Wildman–Crippen MR) is 105 cm³/mol. The van der Waals surface area contributed by atoms with Crippen LogP contribution in [0.5, 0.6) is 0 Å². The molecule has 3 fully saturated rings. The average molecular weight is 471 g/mol. The molecule has 4 heterocycles. The summed E-state index contributed by atoms with van der Waals surface area (Å²) >= 11 is 1.07. The SMILES string of the molecule is CCO/N=C(\C(=O)N[C@@H]1C(=O)N2[C@@H]1[S@@](=O)C[C@@H]1CC(=O)O[C@@]12C(=O)O)c1csc(N)n1. The lowest BCUT2D eigenvalue weighted by atomic mass is 9.89. The maximum absolute atomic E-state index is 12.8. The Morgan fingerprint density at radius 3 is 2.90 bits per heavy atom. The number of esters is 1. The molecule has 13 nitrogen and oxygen atoms in total. The fourth-order valence-electron chi connectivity index (χ4n) is 3.83. The second kappa shape index (κ2) is 7.56. The molecule has 4 N–H and O–H groups in total. The van der Waals surface area contributed by atoms with Gasteiger partial charge in [-0.25, -0.2) is 9.78 Å². The zero-order valence-electron chi connectivity index (χ0n) is 16.0. The van der Waals surface area contributed by atoms with E-state index in [2.05, 4.69) is 15.5 Å². The second-order valence-corrected chi connectivity index (χ2v) is 9.37. The third-order valence-electron chi connectivity index (χ3n) is 5.13. The molecule has 0 spiro atoms. The molecule has 3 aliphatic rings. The van der Waals surface area contributed by atoms with Gasteiger partial charge in [-0.1, -0.05) is 5.16 Å². The summed E-state index contributed by atoms with van der Waals surface area (Å²) in [6.45, 7) is 1.81. The lowest BCUT2D eigenvalue weighted by molar-refractivity contribution is -0.216. The summed E-state index contributed by atoms with van der Waals surface area (Å²) in [7, 11) is -1.73. The van der Waals surface area contributed by atoms with Gasteiger partial charge in [-0.15, -0.1) is 11.3 Å². The maximum Gasteiger partial charge on any atom is 0.370 e. The van der Waals surface area contributed by atoms with Gasteiger partial charge in [0.05, 0.1) is 12.3 Å². The van der Waals surface area contributed by atoms with Crippen molar-refractivity contribution in [1.29, 1.82) is 0 Å². The van der Waals surface area contributed by atoms with Gasteiger partial charge >= 0.3 is 11.9 Å². The van der Waals surface area contributed by atoms with Crippen molar-refractivity contribution in [1.82, 2.24) is 15.2 Å². The first-order valence-electron chi connectivity index (χ1n) is 9.08. The Bertz CT molecular complexity index is 1040. The van der Waals surface area contributed by atoms with Crippen LogP contribution in [0.25, 0.3) is 0 Å². The van der Waals surface area contributed by atoms with E-state index in [1.807, 2.05) is 0 Å². The Morgan fingerprint density at radius 1 is 1.55 bits per heavy atom. The molecular weight excluding hydrogens is 454 g/mol. The minimum absolute atomic E-state index is 0.119. The van der Waals surface area contributed by atoms with Crippen LogP contribution < -0.4 is 11.1 Å². The number of oxime groups is 1. The maximum atomic E-state index is 12.8. The molecule has 4 rings (SSSR count). The van der Waals surface area contributed by atoms with Crippen LogP contribution in [0.4, 0.5) is 5.13 Å². The molecule has 3 saturated heterocycles. The van der Waals surface area contributed by atoms with Crippen molar-refractivity contribution >= 4 is 56.7 Å². The van der Waals surface area contributed by atoms with Gasteiger partial charge in [0.1, 0.15) is 23.7 Å². The monoisotopic (exact) mass is 471 g/mol. The summed E-state index contributed by atoms with van der Waals surface area (Å²) in [5, 5.41) is 16.4. The highest BCUT2D eigenvalue weighted by molar-refractivity contribution is 7.85. The molecule has 0 aromatic carbocycles. The summed E-state index contributed by atoms with van der Waals surface area (Å²) < 4.78 is 17.8. The van der Waals surface area contributed by atoms with E-state index in [1.165, 1.54) is 5.38 Å². The number of carbonyl (C=O) groups excluding carboxylic acids is 3. The van der Waals surface area contributed by atoms with Crippen LogP contribution in [-0.2, 0) is 39.6 Å². The van der Waals surface area contributed by atoms with Gasteiger partial charge in [-0.05, 0) is 6.92 Å². The van der Waals surface area contributed by atoms with Crippen LogP contribution in [0.15, 0.2) is 10.5 Å². The number of ether oxygens (including phenoxy) is 1. The highest BCUT2D eigenvalue weighted by Gasteiger charge is 2.73. The quantitative estimate of drug-likeness (QED) is 0.185. The van der Waals surface area contributed by atoms with Gasteiger partial charge in [0, 0.05) is 21.9 Å². The van der Waals surface area contributed by atoms with E-state index in [0.717, 1.165) is 16.2 Å². The van der Waals surface area contributed by atoms with Crippen LogP contribution in [-0.4, -0.2) is 78.2 Å². The molecule has 0 saturated carbocycles. The normalized spacial score (nSPS) is 31.9. The Hall–Kier alpha value is -3.07. The summed E-state index contributed by atoms with van der Waals surface area (Å²) in [4.78, 5) is 59.1.